The summed E-state index contributed by atoms with van der Waals surface area (Å²) < 4.78 is 36.6. The molecule has 32 heavy (non-hydrogen) atoms. The fraction of sp³-hybridized carbons (Fsp3) is 0.286. The Kier molecular flexibility index (Phi) is 7.31. The topological polar surface area (TPSA) is 111 Å². The van der Waals surface area contributed by atoms with Gasteiger partial charge in [0, 0.05) is 11.6 Å². The van der Waals surface area contributed by atoms with Crippen LogP contribution in [0.5, 0.6) is 11.5 Å². The molecule has 0 saturated carbocycles. The Morgan fingerprint density at radius 1 is 1.09 bits per heavy atom. The number of anilines is 2. The van der Waals surface area contributed by atoms with Gasteiger partial charge in [0.05, 0.1) is 26.2 Å². The number of methoxy groups -OCH3 is 2. The van der Waals surface area contributed by atoms with Crippen LogP contribution < -0.4 is 19.1 Å². The molecule has 3 rings (SSSR count). The molecule has 0 radical (unpaired) electrons. The number of nitrogens with one attached hydrogen (secondary N) is 1. The predicted molar refractivity (Wildman–Crippen MR) is 125 cm³/mol. The summed E-state index contributed by atoms with van der Waals surface area (Å²) in [5.74, 6) is 0.703. The van der Waals surface area contributed by atoms with Crippen molar-refractivity contribution in [2.24, 2.45) is 0 Å². The van der Waals surface area contributed by atoms with E-state index in [2.05, 4.69) is 15.5 Å². The molecule has 0 unspecified atom stereocenters. The van der Waals surface area contributed by atoms with Gasteiger partial charge < -0.3 is 9.47 Å². The monoisotopic (exact) mass is 476 g/mol. The van der Waals surface area contributed by atoms with E-state index in [1.54, 1.807) is 50.4 Å². The maximum Gasteiger partial charge on any atom is 0.250 e. The van der Waals surface area contributed by atoms with Crippen LogP contribution in [0.25, 0.3) is 10.6 Å². The Balaban J connectivity index is 1.84. The number of benzene rings is 2. The summed E-state index contributed by atoms with van der Waals surface area (Å²) in [6.45, 7) is 1.74. The van der Waals surface area contributed by atoms with Gasteiger partial charge in [-0.15, -0.1) is 10.2 Å². The van der Waals surface area contributed by atoms with Crippen LogP contribution in [0, 0.1) is 0 Å². The van der Waals surface area contributed by atoms with Crippen LogP contribution in [0.4, 0.5) is 10.8 Å². The number of carbonyl (C=O) groups is 1. The van der Waals surface area contributed by atoms with Gasteiger partial charge in [-0.25, -0.2) is 8.42 Å². The molecule has 9 nitrogen and oxygen atoms in total. The molecule has 0 saturated heterocycles. The standard InChI is InChI=1S/C21H24N4O5S2/c1-5-18(25(32(4,27)28)15-7-6-8-17(13-15)30-3)19(26)22-21-24-23-20(31-21)14-9-11-16(29-2)12-10-14/h6-13,18H,5H2,1-4H3,(H,22,24,26)/t18-/m1/s1. The highest BCUT2D eigenvalue weighted by Gasteiger charge is 2.32. The van der Waals surface area contributed by atoms with Gasteiger partial charge in [0.1, 0.15) is 22.5 Å². The minimum absolute atomic E-state index is 0.250. The molecule has 170 valence electrons. The minimum atomic E-state index is -3.76. The highest BCUT2D eigenvalue weighted by atomic mass is 32.2. The Hall–Kier alpha value is -3.18. The van der Waals surface area contributed by atoms with E-state index in [0.29, 0.717) is 16.4 Å². The van der Waals surface area contributed by atoms with Gasteiger partial charge in [-0.05, 0) is 42.8 Å². The molecule has 1 heterocycles. The third-order valence-corrected chi connectivity index (χ3v) is 6.70. The number of aromatic nitrogens is 2. The fourth-order valence-corrected chi connectivity index (χ4v) is 5.08. The molecule has 1 N–H and O–H groups in total. The van der Waals surface area contributed by atoms with Gasteiger partial charge >= 0.3 is 0 Å². The molecule has 3 aromatic rings. The predicted octanol–water partition coefficient (Wildman–Crippen LogP) is 3.41. The van der Waals surface area contributed by atoms with Crippen molar-refractivity contribution in [3.05, 3.63) is 48.5 Å². The van der Waals surface area contributed by atoms with E-state index >= 15 is 0 Å². The van der Waals surface area contributed by atoms with Crippen molar-refractivity contribution in [3.63, 3.8) is 0 Å². The minimum Gasteiger partial charge on any atom is -0.497 e. The summed E-state index contributed by atoms with van der Waals surface area (Å²) in [5.41, 5.74) is 1.16. The van der Waals surface area contributed by atoms with Gasteiger partial charge in [0.15, 0.2) is 0 Å². The van der Waals surface area contributed by atoms with Crippen LogP contribution in [0.1, 0.15) is 13.3 Å². The number of hydrogen-bond donors (Lipinski definition) is 1. The van der Waals surface area contributed by atoms with E-state index in [1.807, 2.05) is 12.1 Å². The fourth-order valence-electron chi connectivity index (χ4n) is 3.12. The van der Waals surface area contributed by atoms with Gasteiger partial charge in [0.2, 0.25) is 21.1 Å². The van der Waals surface area contributed by atoms with E-state index in [4.69, 9.17) is 9.47 Å². The summed E-state index contributed by atoms with van der Waals surface area (Å²) in [6, 6.07) is 12.9. The number of ether oxygens (including phenoxy) is 2. The molecular formula is C21H24N4O5S2. The van der Waals surface area contributed by atoms with Crippen molar-refractivity contribution >= 4 is 38.1 Å². The van der Waals surface area contributed by atoms with Crippen molar-refractivity contribution in [3.8, 4) is 22.1 Å². The zero-order valence-corrected chi connectivity index (χ0v) is 19.7. The molecule has 1 aromatic heterocycles. The van der Waals surface area contributed by atoms with Crippen LogP contribution in [-0.4, -0.2) is 51.0 Å². The summed E-state index contributed by atoms with van der Waals surface area (Å²) in [6.07, 6.45) is 1.31. The first-order valence-corrected chi connectivity index (χ1v) is 12.4. The molecule has 0 aliphatic heterocycles. The first-order valence-electron chi connectivity index (χ1n) is 9.69. The van der Waals surface area contributed by atoms with Crippen LogP contribution in [0.3, 0.4) is 0 Å². The van der Waals surface area contributed by atoms with E-state index in [9.17, 15) is 13.2 Å². The SMILES string of the molecule is CC[C@H](C(=O)Nc1nnc(-c2ccc(OC)cc2)s1)N(c1cccc(OC)c1)S(C)(=O)=O. The maximum atomic E-state index is 13.1. The summed E-state index contributed by atoms with van der Waals surface area (Å²) in [4.78, 5) is 13.1. The molecule has 0 fully saturated rings. The first-order chi connectivity index (χ1) is 15.3. The summed E-state index contributed by atoms with van der Waals surface area (Å²) in [7, 11) is -0.687. The van der Waals surface area contributed by atoms with Crippen LogP contribution in [0.2, 0.25) is 0 Å². The number of hydrogen-bond acceptors (Lipinski definition) is 8. The quantitative estimate of drug-likeness (QED) is 0.504. The number of rotatable bonds is 9. The molecule has 0 aliphatic carbocycles. The Morgan fingerprint density at radius 3 is 2.38 bits per heavy atom. The average Bonchev–Trinajstić information content (AvgIpc) is 3.24. The van der Waals surface area contributed by atoms with Gasteiger partial charge in [-0.1, -0.05) is 24.3 Å². The van der Waals surface area contributed by atoms with Crippen molar-refractivity contribution in [1.82, 2.24) is 10.2 Å². The lowest BCUT2D eigenvalue weighted by atomic mass is 10.2. The largest absolute Gasteiger partial charge is 0.497 e. The lowest BCUT2D eigenvalue weighted by molar-refractivity contribution is -0.117. The molecule has 0 spiro atoms. The molecule has 11 heteroatoms. The molecule has 1 atom stereocenters. The molecule has 0 aliphatic rings. The number of amides is 1. The third-order valence-electron chi connectivity index (χ3n) is 4.63. The van der Waals surface area contributed by atoms with Crippen LogP contribution >= 0.6 is 11.3 Å². The zero-order valence-electron chi connectivity index (χ0n) is 18.1. The number of sulfonamides is 1. The maximum absolute atomic E-state index is 13.1. The van der Waals surface area contributed by atoms with E-state index in [-0.39, 0.29) is 11.6 Å². The highest BCUT2D eigenvalue weighted by Crippen LogP contribution is 2.30. The van der Waals surface area contributed by atoms with Crippen molar-refractivity contribution in [1.29, 1.82) is 0 Å². The lowest BCUT2D eigenvalue weighted by Gasteiger charge is -2.29. The third kappa shape index (κ3) is 5.35. The zero-order chi connectivity index (χ0) is 23.3. The van der Waals surface area contributed by atoms with Crippen molar-refractivity contribution in [2.75, 3.05) is 30.1 Å². The van der Waals surface area contributed by atoms with Crippen molar-refractivity contribution in [2.45, 2.75) is 19.4 Å². The summed E-state index contributed by atoms with van der Waals surface area (Å²) in [5, 5.41) is 11.7. The second-order valence-electron chi connectivity index (χ2n) is 6.81. The lowest BCUT2D eigenvalue weighted by Crippen LogP contribution is -2.47. The van der Waals surface area contributed by atoms with E-state index < -0.39 is 22.0 Å². The number of nitrogens with zero attached hydrogens (tertiary/aromatic N) is 3. The van der Waals surface area contributed by atoms with E-state index in [1.165, 1.54) is 18.4 Å². The molecule has 2 aromatic carbocycles. The second kappa shape index (κ2) is 9.96. The molecule has 0 bridgehead atoms. The number of carbonyl (C=O) groups excluding carboxylic acids is 1. The second-order valence-corrected chi connectivity index (χ2v) is 9.65. The first kappa shape index (κ1) is 23.5. The summed E-state index contributed by atoms with van der Waals surface area (Å²) >= 11 is 1.19. The Morgan fingerprint density at radius 2 is 1.78 bits per heavy atom. The molecular weight excluding hydrogens is 452 g/mol. The Labute approximate surface area is 191 Å². The normalized spacial score (nSPS) is 12.1. The highest BCUT2D eigenvalue weighted by molar-refractivity contribution is 7.92. The van der Waals surface area contributed by atoms with E-state index in [0.717, 1.165) is 21.9 Å². The van der Waals surface area contributed by atoms with Gasteiger partial charge in [-0.2, -0.15) is 0 Å². The Bertz CT molecular complexity index is 1180. The van der Waals surface area contributed by atoms with Gasteiger partial charge in [-0.3, -0.25) is 14.4 Å². The van der Waals surface area contributed by atoms with Gasteiger partial charge in [0.25, 0.3) is 0 Å². The van der Waals surface area contributed by atoms with Crippen LogP contribution in [0.15, 0.2) is 48.5 Å². The van der Waals surface area contributed by atoms with Crippen LogP contribution in [-0.2, 0) is 14.8 Å². The average molecular weight is 477 g/mol. The molecule has 1 amide bonds. The smallest absolute Gasteiger partial charge is 0.250 e. The van der Waals surface area contributed by atoms with Crippen molar-refractivity contribution < 1.29 is 22.7 Å².